The first-order valence-electron chi connectivity index (χ1n) is 7.80. The second-order valence-corrected chi connectivity index (χ2v) is 6.29. The molecule has 0 radical (unpaired) electrons. The first-order chi connectivity index (χ1) is 12.0. The minimum absolute atomic E-state index is 0.154. The summed E-state index contributed by atoms with van der Waals surface area (Å²) in [7, 11) is 0. The van der Waals surface area contributed by atoms with Crippen molar-refractivity contribution in [3.63, 3.8) is 0 Å². The third kappa shape index (κ3) is 3.67. The second-order valence-electron chi connectivity index (χ2n) is 5.86. The molecule has 0 aliphatic rings. The number of nitrogens with two attached hydrogens (primary N) is 1. The van der Waals surface area contributed by atoms with Crippen molar-refractivity contribution in [1.29, 1.82) is 0 Å². The summed E-state index contributed by atoms with van der Waals surface area (Å²) >= 11 is 5.86. The minimum Gasteiger partial charge on any atom is -0.454 e. The summed E-state index contributed by atoms with van der Waals surface area (Å²) in [5, 5.41) is 8.07. The Morgan fingerprint density at radius 1 is 1.24 bits per heavy atom. The maximum Gasteiger partial charge on any atom is 0.228 e. The summed E-state index contributed by atoms with van der Waals surface area (Å²) in [6.45, 7) is 3.74. The number of benzene rings is 2. The summed E-state index contributed by atoms with van der Waals surface area (Å²) < 4.78 is 5.89. The van der Waals surface area contributed by atoms with Crippen LogP contribution in [0.5, 0.6) is 0 Å². The van der Waals surface area contributed by atoms with E-state index in [1.165, 1.54) is 0 Å². The molecule has 0 spiro atoms. The molecule has 0 bridgehead atoms. The molecule has 0 saturated heterocycles. The van der Waals surface area contributed by atoms with E-state index in [-0.39, 0.29) is 12.3 Å². The van der Waals surface area contributed by atoms with Gasteiger partial charge in [-0.15, -0.1) is 0 Å². The molecule has 0 aliphatic heterocycles. The van der Waals surface area contributed by atoms with Crippen LogP contribution in [0.3, 0.4) is 0 Å². The van der Waals surface area contributed by atoms with E-state index >= 15 is 0 Å². The first-order valence-corrected chi connectivity index (χ1v) is 8.18. The monoisotopic (exact) mass is 355 g/mol. The number of anilines is 1. The lowest BCUT2D eigenvalue weighted by atomic mass is 10.0. The van der Waals surface area contributed by atoms with Gasteiger partial charge in [0.1, 0.15) is 5.58 Å². The Labute approximate surface area is 150 Å². The molecule has 2 aromatic carbocycles. The Morgan fingerprint density at radius 2 is 1.96 bits per heavy atom. The number of carbonyl (C=O) groups is 1. The first kappa shape index (κ1) is 17.0. The molecule has 5 nitrogen and oxygen atoms in total. The topological polar surface area (TPSA) is 80.6 Å². The largest absolute Gasteiger partial charge is 0.454 e. The van der Waals surface area contributed by atoms with Gasteiger partial charge in [-0.1, -0.05) is 23.7 Å². The molecule has 0 atom stereocenters. The Bertz CT molecular complexity index is 959. The number of carbonyl (C=O) groups excluding carboxylic acids is 1. The number of hydrazone groups is 1. The van der Waals surface area contributed by atoms with Gasteiger partial charge in [-0.3, -0.25) is 4.79 Å². The lowest BCUT2D eigenvalue weighted by molar-refractivity contribution is -0.115. The van der Waals surface area contributed by atoms with E-state index < -0.39 is 0 Å². The highest BCUT2D eigenvalue weighted by atomic mass is 35.5. The van der Waals surface area contributed by atoms with E-state index in [1.54, 1.807) is 31.2 Å². The van der Waals surface area contributed by atoms with Gasteiger partial charge in [-0.2, -0.15) is 5.10 Å². The fourth-order valence-electron chi connectivity index (χ4n) is 2.68. The van der Waals surface area contributed by atoms with Crippen molar-refractivity contribution in [3.05, 3.63) is 64.4 Å². The Kier molecular flexibility index (Phi) is 4.76. The third-order valence-corrected chi connectivity index (χ3v) is 4.19. The normalized spacial score (nSPS) is 11.7. The number of aryl methyl sites for hydroxylation is 1. The van der Waals surface area contributed by atoms with Gasteiger partial charge in [0.05, 0.1) is 12.1 Å². The third-order valence-electron chi connectivity index (χ3n) is 3.94. The van der Waals surface area contributed by atoms with Crippen molar-refractivity contribution in [3.8, 4) is 0 Å². The standard InChI is InChI=1S/C19H18ClN3O2/c1-11-3-8-15-16(19(12(2)23-21)25-17(15)9-11)10-18(24)22-14-6-4-13(20)5-7-14/h3-9H,10,21H2,1-2H3,(H,22,24)/b23-12+. The predicted octanol–water partition coefficient (Wildman–Crippen LogP) is 4.26. The summed E-state index contributed by atoms with van der Waals surface area (Å²) in [5.74, 6) is 5.79. The molecule has 1 heterocycles. The zero-order valence-electron chi connectivity index (χ0n) is 14.0. The van der Waals surface area contributed by atoms with Crippen LogP contribution < -0.4 is 11.2 Å². The summed E-state index contributed by atoms with van der Waals surface area (Å²) in [6.07, 6.45) is 0.154. The van der Waals surface area contributed by atoms with Gasteiger partial charge < -0.3 is 15.6 Å². The van der Waals surface area contributed by atoms with E-state index in [0.717, 1.165) is 16.5 Å². The van der Waals surface area contributed by atoms with Crippen molar-refractivity contribution < 1.29 is 9.21 Å². The zero-order chi connectivity index (χ0) is 18.0. The number of halogens is 1. The van der Waals surface area contributed by atoms with Gasteiger partial charge in [-0.05, 0) is 49.7 Å². The number of hydrogen-bond donors (Lipinski definition) is 2. The van der Waals surface area contributed by atoms with E-state index in [2.05, 4.69) is 10.4 Å². The van der Waals surface area contributed by atoms with E-state index in [9.17, 15) is 4.79 Å². The van der Waals surface area contributed by atoms with Crippen LogP contribution in [0.4, 0.5) is 5.69 Å². The molecule has 3 aromatic rings. The Morgan fingerprint density at radius 3 is 2.64 bits per heavy atom. The molecular weight excluding hydrogens is 338 g/mol. The SMILES string of the molecule is C/C(=N\N)c1oc2cc(C)ccc2c1CC(=O)Nc1ccc(Cl)cc1. The van der Waals surface area contributed by atoms with Gasteiger partial charge in [0, 0.05) is 21.7 Å². The number of furan rings is 1. The quantitative estimate of drug-likeness (QED) is 0.417. The number of hydrogen-bond acceptors (Lipinski definition) is 4. The predicted molar refractivity (Wildman–Crippen MR) is 101 cm³/mol. The van der Waals surface area contributed by atoms with Crippen LogP contribution >= 0.6 is 11.6 Å². The Balaban J connectivity index is 1.93. The second kappa shape index (κ2) is 6.99. The molecular formula is C19H18ClN3O2. The molecule has 3 N–H and O–H groups in total. The van der Waals surface area contributed by atoms with Crippen molar-refractivity contribution in [2.75, 3.05) is 5.32 Å². The van der Waals surface area contributed by atoms with E-state index in [4.69, 9.17) is 21.9 Å². The van der Waals surface area contributed by atoms with Gasteiger partial charge in [-0.25, -0.2) is 0 Å². The van der Waals surface area contributed by atoms with Crippen molar-refractivity contribution in [2.45, 2.75) is 20.3 Å². The van der Waals surface area contributed by atoms with Gasteiger partial charge in [0.2, 0.25) is 5.91 Å². The molecule has 25 heavy (non-hydrogen) atoms. The molecule has 128 valence electrons. The molecule has 0 unspecified atom stereocenters. The van der Waals surface area contributed by atoms with Crippen LogP contribution in [0.25, 0.3) is 11.0 Å². The highest BCUT2D eigenvalue weighted by molar-refractivity contribution is 6.30. The summed E-state index contributed by atoms with van der Waals surface area (Å²) in [6, 6.07) is 12.8. The fourth-order valence-corrected chi connectivity index (χ4v) is 2.81. The number of fused-ring (bicyclic) bond motifs is 1. The molecule has 0 saturated carbocycles. The summed E-state index contributed by atoms with van der Waals surface area (Å²) in [5.41, 5.74) is 3.79. The van der Waals surface area contributed by atoms with Crippen LogP contribution in [0.1, 0.15) is 23.8 Å². The van der Waals surface area contributed by atoms with Crippen molar-refractivity contribution in [2.24, 2.45) is 10.9 Å². The van der Waals surface area contributed by atoms with Gasteiger partial charge in [0.25, 0.3) is 0 Å². The molecule has 1 aromatic heterocycles. The maximum atomic E-state index is 12.5. The van der Waals surface area contributed by atoms with Crippen LogP contribution in [0, 0.1) is 6.92 Å². The number of nitrogens with one attached hydrogen (secondary N) is 1. The molecule has 0 aliphatic carbocycles. The molecule has 3 rings (SSSR count). The van der Waals surface area contributed by atoms with E-state index in [1.807, 2.05) is 25.1 Å². The van der Waals surface area contributed by atoms with Crippen LogP contribution in [0.15, 0.2) is 52.0 Å². The fraction of sp³-hybridized carbons (Fsp3) is 0.158. The highest BCUT2D eigenvalue weighted by Crippen LogP contribution is 2.28. The van der Waals surface area contributed by atoms with Crippen LogP contribution in [-0.2, 0) is 11.2 Å². The smallest absolute Gasteiger partial charge is 0.228 e. The number of rotatable bonds is 4. The summed E-state index contributed by atoms with van der Waals surface area (Å²) in [4.78, 5) is 12.5. The molecule has 0 fully saturated rings. The van der Waals surface area contributed by atoms with E-state index in [0.29, 0.717) is 27.8 Å². The number of amides is 1. The Hall–Kier alpha value is -2.79. The van der Waals surface area contributed by atoms with Crippen molar-refractivity contribution >= 4 is 39.9 Å². The molecule has 1 amide bonds. The van der Waals surface area contributed by atoms with Gasteiger partial charge >= 0.3 is 0 Å². The maximum absolute atomic E-state index is 12.5. The lowest BCUT2D eigenvalue weighted by Gasteiger charge is -2.06. The highest BCUT2D eigenvalue weighted by Gasteiger charge is 2.19. The lowest BCUT2D eigenvalue weighted by Crippen LogP contribution is -2.15. The van der Waals surface area contributed by atoms with Crippen LogP contribution in [0.2, 0.25) is 5.02 Å². The van der Waals surface area contributed by atoms with Gasteiger partial charge in [0.15, 0.2) is 5.76 Å². The minimum atomic E-state index is -0.156. The molecule has 6 heteroatoms. The van der Waals surface area contributed by atoms with Crippen LogP contribution in [-0.4, -0.2) is 11.6 Å². The average molecular weight is 356 g/mol. The zero-order valence-corrected chi connectivity index (χ0v) is 14.7. The number of nitrogens with zero attached hydrogens (tertiary/aromatic N) is 1. The van der Waals surface area contributed by atoms with Crippen molar-refractivity contribution in [1.82, 2.24) is 0 Å². The average Bonchev–Trinajstić information content (AvgIpc) is 2.93.